The largest absolute Gasteiger partial charge is 0.394 e. The van der Waals surface area contributed by atoms with Gasteiger partial charge in [0.05, 0.1) is 25.4 Å². The molecule has 10 nitrogen and oxygen atoms in total. The molecule has 0 aliphatic carbocycles. The molecule has 1 amide bonds. The maximum absolute atomic E-state index is 13.0. The summed E-state index contributed by atoms with van der Waals surface area (Å²) in [6.45, 7) is 3.56. The number of unbranched alkanes of at least 4 members (excludes halogenated alkanes) is 26. The molecule has 8 unspecified atom stereocenters. The van der Waals surface area contributed by atoms with E-state index < -0.39 is 61.5 Å². The molecule has 0 aromatic rings. The molecule has 0 spiro atoms. The number of hydrogen-bond acceptors (Lipinski definition) is 9. The first-order valence-corrected chi connectivity index (χ1v) is 24.8. The Balaban J connectivity index is 2.30. The number of nitrogens with one attached hydrogen (secondary N) is 1. The van der Waals surface area contributed by atoms with Crippen LogP contribution >= 0.6 is 0 Å². The number of amides is 1. The van der Waals surface area contributed by atoms with Crippen molar-refractivity contribution in [2.75, 3.05) is 13.2 Å². The molecular formula is C50H93NO9. The van der Waals surface area contributed by atoms with Gasteiger partial charge in [-0.1, -0.05) is 192 Å². The van der Waals surface area contributed by atoms with Crippen molar-refractivity contribution in [3.8, 4) is 0 Å². The lowest BCUT2D eigenvalue weighted by Gasteiger charge is -2.40. The number of hydrogen-bond donors (Lipinski definition) is 7. The number of ether oxygens (including phenoxy) is 2. The Morgan fingerprint density at radius 2 is 0.983 bits per heavy atom. The molecule has 1 aliphatic heterocycles. The summed E-state index contributed by atoms with van der Waals surface area (Å²) in [5.74, 6) is -0.630. The Morgan fingerprint density at radius 1 is 0.567 bits per heavy atom. The van der Waals surface area contributed by atoms with Gasteiger partial charge in [-0.05, 0) is 57.8 Å². The monoisotopic (exact) mass is 852 g/mol. The minimum Gasteiger partial charge on any atom is -0.394 e. The highest BCUT2D eigenvalue weighted by atomic mass is 16.7. The first kappa shape index (κ1) is 56.4. The third-order valence-electron chi connectivity index (χ3n) is 11.8. The highest BCUT2D eigenvalue weighted by Crippen LogP contribution is 2.23. The van der Waals surface area contributed by atoms with Crippen LogP contribution in [0.1, 0.15) is 213 Å². The first-order valence-electron chi connectivity index (χ1n) is 24.8. The molecular weight excluding hydrogens is 759 g/mol. The van der Waals surface area contributed by atoms with Crippen LogP contribution in [0.5, 0.6) is 0 Å². The van der Waals surface area contributed by atoms with Gasteiger partial charge in [-0.3, -0.25) is 4.79 Å². The molecule has 8 atom stereocenters. The standard InChI is InChI=1S/C50H93NO9/c1-3-5-7-9-11-13-15-16-17-18-19-20-21-22-23-24-25-26-27-29-31-33-35-37-39-44(54)49(58)51-42(41-59-50-48(57)47(56)46(55)45(40-52)60-50)43(53)38-36-34-32-30-28-14-12-10-8-6-4-2/h22-23,28,30,36,38,42-48,50,52-57H,3-21,24-27,29,31-35,37,39-41H2,1-2H3,(H,51,58)/b23-22-,30-28+,38-36+. The van der Waals surface area contributed by atoms with Gasteiger partial charge in [-0.2, -0.15) is 0 Å². The van der Waals surface area contributed by atoms with Crippen molar-refractivity contribution >= 4 is 5.91 Å². The molecule has 1 heterocycles. The average Bonchev–Trinajstić information content (AvgIpc) is 3.25. The van der Waals surface area contributed by atoms with E-state index in [0.29, 0.717) is 19.3 Å². The fourth-order valence-corrected chi connectivity index (χ4v) is 7.70. The maximum Gasteiger partial charge on any atom is 0.249 e. The summed E-state index contributed by atoms with van der Waals surface area (Å²) < 4.78 is 11.1. The normalized spacial score (nSPS) is 21.4. The summed E-state index contributed by atoms with van der Waals surface area (Å²) in [7, 11) is 0. The molecule has 1 aliphatic rings. The zero-order valence-electron chi connectivity index (χ0n) is 38.3. The predicted molar refractivity (Wildman–Crippen MR) is 246 cm³/mol. The predicted octanol–water partition coefficient (Wildman–Crippen LogP) is 9.81. The zero-order valence-corrected chi connectivity index (χ0v) is 38.3. The topological polar surface area (TPSA) is 169 Å². The van der Waals surface area contributed by atoms with Crippen LogP contribution in [-0.2, 0) is 14.3 Å². The molecule has 7 N–H and O–H groups in total. The second-order valence-electron chi connectivity index (χ2n) is 17.4. The molecule has 0 radical (unpaired) electrons. The Hall–Kier alpha value is -1.63. The van der Waals surface area contributed by atoms with Gasteiger partial charge in [0.25, 0.3) is 0 Å². The fourth-order valence-electron chi connectivity index (χ4n) is 7.70. The van der Waals surface area contributed by atoms with Crippen LogP contribution < -0.4 is 5.32 Å². The summed E-state index contributed by atoms with van der Waals surface area (Å²) in [6, 6.07) is -0.996. The van der Waals surface area contributed by atoms with E-state index in [4.69, 9.17) is 9.47 Å². The molecule has 1 saturated heterocycles. The van der Waals surface area contributed by atoms with E-state index in [1.54, 1.807) is 6.08 Å². The van der Waals surface area contributed by atoms with Crippen molar-refractivity contribution < 1.29 is 44.9 Å². The maximum atomic E-state index is 13.0. The lowest BCUT2D eigenvalue weighted by atomic mass is 9.99. The van der Waals surface area contributed by atoms with Crippen LogP contribution in [0.3, 0.4) is 0 Å². The SMILES string of the molecule is CCCCCCC/C=C/CC/C=C/C(O)C(COC1OC(CO)C(O)C(O)C1O)NC(=O)C(O)CCCCCCCCCC/C=C\CCCCCCCCCCCCCC. The quantitative estimate of drug-likeness (QED) is 0.0234. The molecule has 0 aromatic carbocycles. The molecule has 60 heavy (non-hydrogen) atoms. The lowest BCUT2D eigenvalue weighted by Crippen LogP contribution is -2.60. The minimum atomic E-state index is -1.61. The smallest absolute Gasteiger partial charge is 0.249 e. The third kappa shape index (κ3) is 29.6. The lowest BCUT2D eigenvalue weighted by molar-refractivity contribution is -0.302. The van der Waals surface area contributed by atoms with Gasteiger partial charge in [-0.15, -0.1) is 0 Å². The van der Waals surface area contributed by atoms with Crippen molar-refractivity contribution in [3.05, 3.63) is 36.5 Å². The second kappa shape index (κ2) is 40.2. The minimum absolute atomic E-state index is 0.300. The Kier molecular flexibility index (Phi) is 37.7. The number of aliphatic hydroxyl groups is 6. The molecule has 0 aromatic heterocycles. The molecule has 0 saturated carbocycles. The number of carbonyl (C=O) groups is 1. The zero-order chi connectivity index (χ0) is 43.9. The van der Waals surface area contributed by atoms with Crippen LogP contribution in [0.25, 0.3) is 0 Å². The van der Waals surface area contributed by atoms with E-state index in [2.05, 4.69) is 43.5 Å². The summed E-state index contributed by atoms with van der Waals surface area (Å²) >= 11 is 0. The number of aliphatic hydroxyl groups excluding tert-OH is 6. The van der Waals surface area contributed by atoms with Crippen LogP contribution in [0.2, 0.25) is 0 Å². The molecule has 352 valence electrons. The fraction of sp³-hybridized carbons (Fsp3) is 0.860. The first-order chi connectivity index (χ1) is 29.3. The summed E-state index contributed by atoms with van der Waals surface area (Å²) in [4.78, 5) is 13.0. The highest BCUT2D eigenvalue weighted by Gasteiger charge is 2.44. The second-order valence-corrected chi connectivity index (χ2v) is 17.4. The molecule has 1 fully saturated rings. The Morgan fingerprint density at radius 3 is 1.45 bits per heavy atom. The van der Waals surface area contributed by atoms with Gasteiger partial charge in [0.15, 0.2) is 6.29 Å². The summed E-state index contributed by atoms with van der Waals surface area (Å²) in [5.41, 5.74) is 0. The van der Waals surface area contributed by atoms with Gasteiger partial charge >= 0.3 is 0 Å². The van der Waals surface area contributed by atoms with E-state index in [1.807, 2.05) is 6.08 Å². The van der Waals surface area contributed by atoms with Crippen LogP contribution in [-0.4, -0.2) is 98.7 Å². The van der Waals surface area contributed by atoms with E-state index in [1.165, 1.54) is 148 Å². The third-order valence-corrected chi connectivity index (χ3v) is 11.8. The average molecular weight is 852 g/mol. The highest BCUT2D eigenvalue weighted by molar-refractivity contribution is 5.80. The number of allylic oxidation sites excluding steroid dienone is 5. The van der Waals surface area contributed by atoms with Crippen LogP contribution in [0.15, 0.2) is 36.5 Å². The van der Waals surface area contributed by atoms with Gasteiger partial charge < -0.3 is 45.4 Å². The molecule has 0 bridgehead atoms. The molecule has 10 heteroatoms. The van der Waals surface area contributed by atoms with Gasteiger partial charge in [0, 0.05) is 0 Å². The Bertz CT molecular complexity index is 1050. The van der Waals surface area contributed by atoms with Crippen molar-refractivity contribution in [1.82, 2.24) is 5.32 Å². The van der Waals surface area contributed by atoms with E-state index >= 15 is 0 Å². The van der Waals surface area contributed by atoms with Gasteiger partial charge in [0.2, 0.25) is 5.91 Å². The number of carbonyl (C=O) groups excluding carboxylic acids is 1. The van der Waals surface area contributed by atoms with E-state index in [9.17, 15) is 35.4 Å². The van der Waals surface area contributed by atoms with Crippen molar-refractivity contribution in [3.63, 3.8) is 0 Å². The van der Waals surface area contributed by atoms with Gasteiger partial charge in [-0.25, -0.2) is 0 Å². The van der Waals surface area contributed by atoms with Crippen molar-refractivity contribution in [1.29, 1.82) is 0 Å². The Labute approximate surface area is 366 Å². The van der Waals surface area contributed by atoms with Crippen LogP contribution in [0, 0.1) is 0 Å². The van der Waals surface area contributed by atoms with E-state index in [-0.39, 0.29) is 6.61 Å². The number of rotatable bonds is 41. The van der Waals surface area contributed by atoms with Crippen LogP contribution in [0.4, 0.5) is 0 Å². The summed E-state index contributed by atoms with van der Waals surface area (Å²) in [6.07, 6.45) is 39.7. The van der Waals surface area contributed by atoms with Crippen molar-refractivity contribution in [2.24, 2.45) is 0 Å². The van der Waals surface area contributed by atoms with Crippen molar-refractivity contribution in [2.45, 2.75) is 262 Å². The van der Waals surface area contributed by atoms with E-state index in [0.717, 1.165) is 32.1 Å². The molecule has 1 rings (SSSR count). The summed E-state index contributed by atoms with van der Waals surface area (Å²) in [5, 5.41) is 64.6. The van der Waals surface area contributed by atoms with Gasteiger partial charge in [0.1, 0.15) is 30.5 Å².